The monoisotopic (exact) mass is 718 g/mol. The lowest BCUT2D eigenvalue weighted by atomic mass is 9.73. The molecule has 0 bridgehead atoms. The molecule has 4 aromatic rings. The van der Waals surface area contributed by atoms with Crippen molar-refractivity contribution in [3.63, 3.8) is 0 Å². The Morgan fingerprint density at radius 3 is 2.65 bits per heavy atom. The van der Waals surface area contributed by atoms with Crippen molar-refractivity contribution < 1.29 is 26.7 Å². The number of anilines is 2. The summed E-state index contributed by atoms with van der Waals surface area (Å²) in [6.07, 6.45) is 2.42. The predicted octanol–water partition coefficient (Wildman–Crippen LogP) is 7.28. The molecule has 2 aliphatic rings. The van der Waals surface area contributed by atoms with Crippen molar-refractivity contribution in [2.75, 3.05) is 51.0 Å². The molecule has 0 aliphatic carbocycles. The van der Waals surface area contributed by atoms with Crippen molar-refractivity contribution in [3.05, 3.63) is 52.6 Å². The Labute approximate surface area is 288 Å². The number of nitrogen functional groups attached to an aromatic ring is 1. The summed E-state index contributed by atoms with van der Waals surface area (Å²) in [6.45, 7) is 4.69. The number of hydrogen-bond donors (Lipinski definition) is 1. The van der Waals surface area contributed by atoms with Crippen LogP contribution in [0.3, 0.4) is 0 Å². The van der Waals surface area contributed by atoms with Gasteiger partial charge in [-0.3, -0.25) is 4.99 Å². The predicted molar refractivity (Wildman–Crippen MR) is 182 cm³/mol. The van der Waals surface area contributed by atoms with Gasteiger partial charge in [0.1, 0.15) is 34.0 Å². The van der Waals surface area contributed by atoms with Crippen molar-refractivity contribution in [1.82, 2.24) is 19.8 Å². The van der Waals surface area contributed by atoms with Crippen LogP contribution in [0.2, 0.25) is 5.02 Å². The highest BCUT2D eigenvalue weighted by atomic mass is 35.5. The van der Waals surface area contributed by atoms with Crippen molar-refractivity contribution in [1.29, 1.82) is 5.26 Å². The van der Waals surface area contributed by atoms with E-state index in [9.17, 15) is 18.4 Å². The third-order valence-electron chi connectivity index (χ3n) is 9.40. The first kappa shape index (κ1) is 34.6. The number of likely N-dealkylation sites (tertiary alicyclic amines) is 1. The number of nitrogens with zero attached hydrogens (tertiary/aromatic N) is 7. The number of aliphatic imine (C=N–C) groups is 1. The number of halogens is 6. The zero-order chi connectivity index (χ0) is 35.4. The molecule has 0 saturated carbocycles. The number of nitrogens with two attached hydrogens (primary N) is 1. The molecule has 0 radical (unpaired) electrons. The van der Waals surface area contributed by atoms with Crippen LogP contribution in [0.4, 0.5) is 32.8 Å². The molecular weight excluding hydrogens is 687 g/mol. The van der Waals surface area contributed by atoms with E-state index in [1.807, 2.05) is 29.8 Å². The van der Waals surface area contributed by atoms with Crippen LogP contribution in [-0.2, 0) is 0 Å². The van der Waals surface area contributed by atoms with Crippen LogP contribution in [0, 0.1) is 40.1 Å². The second kappa shape index (κ2) is 13.2. The third kappa shape index (κ3) is 6.10. The smallest absolute Gasteiger partial charge is 0.319 e. The van der Waals surface area contributed by atoms with E-state index in [1.165, 1.54) is 6.07 Å². The largest absolute Gasteiger partial charge is 0.463 e. The van der Waals surface area contributed by atoms with Crippen LogP contribution in [0.5, 0.6) is 6.01 Å². The van der Waals surface area contributed by atoms with Crippen LogP contribution in [-0.4, -0.2) is 78.9 Å². The average Bonchev–Trinajstić information content (AvgIpc) is 3.40. The van der Waals surface area contributed by atoms with Gasteiger partial charge in [-0.2, -0.15) is 15.2 Å². The molecule has 0 unspecified atom stereocenters. The maximum atomic E-state index is 17.0. The Bertz CT molecular complexity index is 2050. The fourth-order valence-corrected chi connectivity index (χ4v) is 7.92. The number of rotatable bonds is 8. The minimum atomic E-state index is -2.59. The van der Waals surface area contributed by atoms with Gasteiger partial charge in [-0.15, -0.1) is 11.3 Å². The van der Waals surface area contributed by atoms with Gasteiger partial charge >= 0.3 is 6.01 Å². The molecule has 0 spiro atoms. The topological polar surface area (TPSA) is 107 Å². The second-order valence-electron chi connectivity index (χ2n) is 12.6. The van der Waals surface area contributed by atoms with Gasteiger partial charge in [0.15, 0.2) is 5.82 Å². The highest BCUT2D eigenvalue weighted by molar-refractivity contribution is 7.23. The minimum Gasteiger partial charge on any atom is -0.463 e. The molecule has 2 aromatic heterocycles. The highest BCUT2D eigenvalue weighted by Crippen LogP contribution is 2.47. The van der Waals surface area contributed by atoms with Crippen molar-refractivity contribution in [2.24, 2.45) is 16.3 Å². The summed E-state index contributed by atoms with van der Waals surface area (Å²) in [5.74, 6) is -3.99. The lowest BCUT2D eigenvalue weighted by molar-refractivity contribution is -0.0679. The van der Waals surface area contributed by atoms with Crippen molar-refractivity contribution >= 4 is 61.0 Å². The summed E-state index contributed by atoms with van der Waals surface area (Å²) < 4.78 is 81.8. The van der Waals surface area contributed by atoms with Gasteiger partial charge in [0.25, 0.3) is 0 Å². The Kier molecular flexibility index (Phi) is 9.33. The highest BCUT2D eigenvalue weighted by Gasteiger charge is 2.44. The Morgan fingerprint density at radius 1 is 1.22 bits per heavy atom. The van der Waals surface area contributed by atoms with Crippen LogP contribution >= 0.6 is 22.9 Å². The maximum absolute atomic E-state index is 17.0. The molecule has 258 valence electrons. The molecule has 6 rings (SSSR count). The van der Waals surface area contributed by atoms with Crippen LogP contribution < -0.4 is 15.4 Å². The molecule has 4 heterocycles. The summed E-state index contributed by atoms with van der Waals surface area (Å²) in [6, 6.07) is 3.51. The number of nitriles is 1. The Morgan fingerprint density at radius 2 is 1.98 bits per heavy atom. The summed E-state index contributed by atoms with van der Waals surface area (Å²) in [7, 11) is 3.56. The normalized spacial score (nSPS) is 20.4. The van der Waals surface area contributed by atoms with Gasteiger partial charge in [0.05, 0.1) is 34.6 Å². The Hall–Kier alpha value is -4.26. The minimum absolute atomic E-state index is 0.0720. The van der Waals surface area contributed by atoms with E-state index < -0.39 is 46.3 Å². The van der Waals surface area contributed by atoms with E-state index >= 15 is 8.78 Å². The molecule has 2 aliphatic heterocycles. The lowest BCUT2D eigenvalue weighted by Gasteiger charge is -2.44. The zero-order valence-electron chi connectivity index (χ0n) is 26.9. The number of fused-ring (bicyclic) bond motifs is 2. The number of ether oxygens (including phenoxy) is 1. The van der Waals surface area contributed by atoms with E-state index in [-0.39, 0.29) is 67.6 Å². The molecule has 2 aromatic carbocycles. The van der Waals surface area contributed by atoms with Crippen LogP contribution in [0.15, 0.2) is 29.5 Å². The van der Waals surface area contributed by atoms with Gasteiger partial charge in [-0.1, -0.05) is 18.5 Å². The number of benzene rings is 2. The fourth-order valence-electron chi connectivity index (χ4n) is 6.70. The number of thiophene rings is 1. The van der Waals surface area contributed by atoms with E-state index in [4.69, 9.17) is 22.1 Å². The fraction of sp³-hybridized carbons (Fsp3) is 0.394. The molecular formula is C33H32ClF5N8OS. The van der Waals surface area contributed by atoms with Gasteiger partial charge in [0.2, 0.25) is 6.43 Å². The van der Waals surface area contributed by atoms with E-state index in [0.29, 0.717) is 25.7 Å². The summed E-state index contributed by atoms with van der Waals surface area (Å²) in [4.78, 5) is 18.7. The maximum Gasteiger partial charge on any atom is 0.319 e. The van der Waals surface area contributed by atoms with Gasteiger partial charge < -0.3 is 25.2 Å². The van der Waals surface area contributed by atoms with Gasteiger partial charge in [-0.25, -0.2) is 22.0 Å². The number of alkyl halides is 2. The molecule has 1 saturated heterocycles. The summed E-state index contributed by atoms with van der Waals surface area (Å²) >= 11 is 7.44. The first-order chi connectivity index (χ1) is 23.2. The SMILES string of the molecule is C[C@H](N1C=CN=CC1)N(C)c1nc(OC[C@]2(C)CN(C)CC[C@@H]2C(F)F)nc2c(F)c(-c3c(F)cc(F)c4sc(N)c(C#N)c34)c(Cl)cc12. The first-order valence-corrected chi connectivity index (χ1v) is 16.5. The molecule has 0 amide bonds. The molecule has 3 atom stereocenters. The van der Waals surface area contributed by atoms with E-state index in [1.54, 1.807) is 37.5 Å². The molecule has 49 heavy (non-hydrogen) atoms. The van der Waals surface area contributed by atoms with Crippen molar-refractivity contribution in [2.45, 2.75) is 32.9 Å². The van der Waals surface area contributed by atoms with E-state index in [2.05, 4.69) is 15.0 Å². The van der Waals surface area contributed by atoms with Crippen molar-refractivity contribution in [3.8, 4) is 23.2 Å². The molecule has 2 N–H and O–H groups in total. The summed E-state index contributed by atoms with van der Waals surface area (Å²) in [5, 5.41) is 9.41. The molecule has 16 heteroatoms. The first-order valence-electron chi connectivity index (χ1n) is 15.3. The van der Waals surface area contributed by atoms with Gasteiger partial charge in [-0.05, 0) is 33.0 Å². The second-order valence-corrected chi connectivity index (χ2v) is 14.1. The Balaban J connectivity index is 1.54. The zero-order valence-corrected chi connectivity index (χ0v) is 28.5. The van der Waals surface area contributed by atoms with Crippen LogP contribution in [0.1, 0.15) is 25.8 Å². The number of piperidine rings is 1. The van der Waals surface area contributed by atoms with Gasteiger partial charge in [0, 0.05) is 71.5 Å². The average molecular weight is 719 g/mol. The van der Waals surface area contributed by atoms with E-state index in [0.717, 1.165) is 11.3 Å². The standard InChI is InChI=1S/C33H32ClF5N8OS/c1-16(47-9-6-42-7-10-47)46(4)31-17-11-20(34)24(25-21(35)12-22(36)28-23(25)18(13-40)30(41)49-28)26(37)27(17)43-32(44-31)48-15-33(2)14-45(3)8-5-19(33)29(38)39/h6-7,9,11-12,16,19,29H,5,8,10,14-15,41H2,1-4H3/t16-,19+,33-/m0/s1. The molecule has 1 fully saturated rings. The summed E-state index contributed by atoms with van der Waals surface area (Å²) in [5.41, 5.74) is 3.53. The number of aromatic nitrogens is 2. The lowest BCUT2D eigenvalue weighted by Crippen LogP contribution is -2.51. The number of hydrogen-bond acceptors (Lipinski definition) is 10. The molecule has 9 nitrogen and oxygen atoms in total. The quantitative estimate of drug-likeness (QED) is 0.190. The van der Waals surface area contributed by atoms with Crippen LogP contribution in [0.25, 0.3) is 32.1 Å². The third-order valence-corrected chi connectivity index (χ3v) is 10.7.